The number of rotatable bonds is 9. The van der Waals surface area contributed by atoms with Crippen LogP contribution in [0.4, 0.5) is 0 Å². The molecular weight excluding hydrogens is 628 g/mol. The lowest BCUT2D eigenvalue weighted by Gasteiger charge is -2.48. The summed E-state index contributed by atoms with van der Waals surface area (Å²) in [5, 5.41) is 24.5. The molecule has 47 heavy (non-hydrogen) atoms. The molecule has 13 heteroatoms. The fourth-order valence-electron chi connectivity index (χ4n) is 7.35. The maximum absolute atomic E-state index is 14.1. The van der Waals surface area contributed by atoms with E-state index in [1.54, 1.807) is 37.5 Å². The number of amides is 3. The van der Waals surface area contributed by atoms with Crippen molar-refractivity contribution in [2.45, 2.75) is 63.3 Å². The molecule has 2 bridgehead atoms. The maximum atomic E-state index is 14.1. The Kier molecular flexibility index (Phi) is 8.43. The molecule has 3 aliphatic carbocycles. The van der Waals surface area contributed by atoms with Crippen molar-refractivity contribution in [2.75, 3.05) is 13.6 Å². The first-order valence-corrected chi connectivity index (χ1v) is 15.9. The second-order valence-electron chi connectivity index (χ2n) is 12.9. The second kappa shape index (κ2) is 12.2. The topological polar surface area (TPSA) is 177 Å². The predicted octanol–water partition coefficient (Wildman–Crippen LogP) is 2.25. The molecule has 4 fully saturated rings. The molecule has 2 heterocycles. The summed E-state index contributed by atoms with van der Waals surface area (Å²) in [6.07, 6.45) is -0.801. The number of H-pyrrole nitrogens is 1. The number of aliphatic hydroxyl groups excluding tert-OH is 1. The number of likely N-dealkylation sites (N-methyl/N-ethyl adjacent to an activating group) is 1. The Morgan fingerprint density at radius 1 is 1.02 bits per heavy atom. The van der Waals surface area contributed by atoms with Crippen molar-refractivity contribution in [1.29, 1.82) is 0 Å². The quantitative estimate of drug-likeness (QED) is 0.252. The molecule has 246 valence electrons. The lowest BCUT2D eigenvalue weighted by atomic mass is 9.52. The summed E-state index contributed by atoms with van der Waals surface area (Å²) in [6.45, 7) is -0.0836. The molecule has 5 unspecified atom stereocenters. The van der Waals surface area contributed by atoms with Crippen LogP contribution in [0.3, 0.4) is 0 Å². The number of β-amino-alcohol motifs (C(OH)–C–C–N with tert-alkyl or cyclic N) is 1. The van der Waals surface area contributed by atoms with Gasteiger partial charge in [0.1, 0.15) is 28.7 Å². The third-order valence-electron chi connectivity index (χ3n) is 10.1. The highest BCUT2D eigenvalue weighted by molar-refractivity contribution is 6.31. The van der Waals surface area contributed by atoms with E-state index in [-0.39, 0.29) is 38.8 Å². The van der Waals surface area contributed by atoms with E-state index < -0.39 is 77.1 Å². The minimum absolute atomic E-state index is 0.110. The average molecular weight is 663 g/mol. The third-order valence-corrected chi connectivity index (χ3v) is 10.5. The van der Waals surface area contributed by atoms with Crippen LogP contribution in [0, 0.1) is 10.8 Å². The van der Waals surface area contributed by atoms with Crippen LogP contribution in [0.25, 0.3) is 10.9 Å². The molecule has 3 aromatic rings. The van der Waals surface area contributed by atoms with Crippen LogP contribution in [0.2, 0.25) is 5.02 Å². The van der Waals surface area contributed by atoms with E-state index in [0.717, 1.165) is 21.4 Å². The summed E-state index contributed by atoms with van der Waals surface area (Å²) in [5.41, 5.74) is -1.27. The van der Waals surface area contributed by atoms with Crippen LogP contribution >= 0.6 is 11.6 Å². The van der Waals surface area contributed by atoms with E-state index in [1.807, 2.05) is 24.3 Å². The molecule has 12 nitrogen and oxygen atoms in total. The van der Waals surface area contributed by atoms with Crippen molar-refractivity contribution >= 4 is 57.8 Å². The van der Waals surface area contributed by atoms with Gasteiger partial charge >= 0.3 is 5.97 Å². The first kappa shape index (κ1) is 32.4. The third kappa shape index (κ3) is 5.59. The number of aromatic amines is 1. The molecule has 4 N–H and O–H groups in total. The normalized spacial score (nSPS) is 26.0. The molecule has 1 aromatic heterocycles. The number of carbonyl (C=O) groups is 6. The van der Waals surface area contributed by atoms with Gasteiger partial charge < -0.3 is 30.3 Å². The Balaban J connectivity index is 1.26. The molecule has 7 rings (SSSR count). The highest BCUT2D eigenvalue weighted by Crippen LogP contribution is 2.54. The van der Waals surface area contributed by atoms with Gasteiger partial charge in [-0.1, -0.05) is 48.0 Å². The largest absolute Gasteiger partial charge is 0.480 e. The lowest BCUT2D eigenvalue weighted by molar-refractivity contribution is -0.178. The summed E-state index contributed by atoms with van der Waals surface area (Å²) < 4.78 is 0. The van der Waals surface area contributed by atoms with Gasteiger partial charge in [-0.15, -0.1) is 0 Å². The van der Waals surface area contributed by atoms with Gasteiger partial charge in [-0.05, 0) is 36.1 Å². The van der Waals surface area contributed by atoms with E-state index in [1.165, 1.54) is 4.90 Å². The van der Waals surface area contributed by atoms with Crippen molar-refractivity contribution in [3.05, 3.63) is 70.9 Å². The van der Waals surface area contributed by atoms with Crippen LogP contribution < -0.4 is 5.32 Å². The lowest BCUT2D eigenvalue weighted by Crippen LogP contribution is -2.64. The number of likely N-dealkylation sites (tertiary alicyclic amines) is 1. The number of carboxylic acids is 1. The van der Waals surface area contributed by atoms with Gasteiger partial charge in [-0.25, -0.2) is 0 Å². The number of hydrogen-bond donors (Lipinski definition) is 4. The number of hydrogen-bond acceptors (Lipinski definition) is 7. The van der Waals surface area contributed by atoms with Gasteiger partial charge in [0.2, 0.25) is 17.7 Å². The number of halogens is 1. The Bertz CT molecular complexity index is 1810. The van der Waals surface area contributed by atoms with E-state index in [9.17, 15) is 39.0 Å². The molecule has 3 saturated carbocycles. The van der Waals surface area contributed by atoms with Gasteiger partial charge in [0.05, 0.1) is 6.10 Å². The zero-order chi connectivity index (χ0) is 33.7. The van der Waals surface area contributed by atoms with Crippen molar-refractivity contribution in [3.8, 4) is 0 Å². The maximum Gasteiger partial charge on any atom is 0.317 e. The second-order valence-corrected chi connectivity index (χ2v) is 13.3. The molecule has 0 radical (unpaired) electrons. The molecule has 5 atom stereocenters. The number of carboxylic acid groups (broad SMARTS) is 1. The van der Waals surface area contributed by atoms with Crippen molar-refractivity contribution in [1.82, 2.24) is 20.1 Å². The summed E-state index contributed by atoms with van der Waals surface area (Å²) >= 11 is 6.35. The summed E-state index contributed by atoms with van der Waals surface area (Å²) in [4.78, 5) is 85.9. The van der Waals surface area contributed by atoms with Gasteiger partial charge in [-0.2, -0.15) is 0 Å². The Labute approximate surface area is 275 Å². The van der Waals surface area contributed by atoms with Gasteiger partial charge in [0.25, 0.3) is 0 Å². The number of aromatic nitrogens is 1. The molecule has 0 spiro atoms. The monoisotopic (exact) mass is 662 g/mol. The van der Waals surface area contributed by atoms with E-state index in [4.69, 9.17) is 11.6 Å². The Hall–Kier alpha value is -4.55. The van der Waals surface area contributed by atoms with E-state index >= 15 is 0 Å². The first-order chi connectivity index (χ1) is 22.4. The smallest absolute Gasteiger partial charge is 0.317 e. The zero-order valence-electron chi connectivity index (χ0n) is 25.7. The molecule has 2 aromatic carbocycles. The van der Waals surface area contributed by atoms with Crippen molar-refractivity contribution in [2.24, 2.45) is 10.8 Å². The molecule has 4 aliphatic rings. The summed E-state index contributed by atoms with van der Waals surface area (Å²) in [5.74, 6) is -4.59. The number of benzene rings is 2. The number of ketones is 2. The number of aliphatic carboxylic acids is 1. The van der Waals surface area contributed by atoms with E-state index in [2.05, 4.69) is 10.3 Å². The first-order valence-electron chi connectivity index (χ1n) is 15.5. The van der Waals surface area contributed by atoms with Crippen molar-refractivity contribution < 1.29 is 39.0 Å². The number of fused-ring (bicyclic) bond motifs is 4. The predicted molar refractivity (Wildman–Crippen MR) is 169 cm³/mol. The SMILES string of the molecule is CN(Cc1ccccc1Cl)C(=O)C(Cc1c[nH]c2ccccc12)NC(=O)C1CC(O)CN1C(=O)C12CCC(C(=O)O)(CC1=O)C(=O)C2. The van der Waals surface area contributed by atoms with Crippen LogP contribution in [-0.4, -0.2) is 92.0 Å². The number of nitrogens with zero attached hydrogens (tertiary/aromatic N) is 2. The molecule has 3 amide bonds. The number of para-hydroxylation sites is 1. The Morgan fingerprint density at radius 3 is 2.38 bits per heavy atom. The minimum atomic E-state index is -1.83. The van der Waals surface area contributed by atoms with Crippen LogP contribution in [-0.2, 0) is 41.7 Å². The average Bonchev–Trinajstić information content (AvgIpc) is 3.65. The number of aliphatic hydroxyl groups is 1. The Morgan fingerprint density at radius 2 is 1.68 bits per heavy atom. The number of carbonyl (C=O) groups excluding carboxylic acids is 5. The standard InChI is InChI=1S/C34H35ClN4O8/c1-38(17-19-6-2-4-8-23(19)35)30(44)25(12-20-16-36-24-9-5-3-7-22(20)24)37-29(43)26-13-21(40)18-39(26)31(45)33-10-11-34(32(46)47,15-27(33)41)28(42)14-33/h2-9,16,21,25-26,36,40H,10-15,17-18H2,1H3,(H,37,43)(H,46,47). The molecular formula is C34H35ClN4O8. The van der Waals surface area contributed by atoms with Gasteiger partial charge in [0.15, 0.2) is 5.78 Å². The van der Waals surface area contributed by atoms with Crippen LogP contribution in [0.15, 0.2) is 54.7 Å². The van der Waals surface area contributed by atoms with Gasteiger partial charge in [0, 0.05) is 67.9 Å². The number of nitrogens with one attached hydrogen (secondary N) is 2. The fourth-order valence-corrected chi connectivity index (χ4v) is 7.54. The van der Waals surface area contributed by atoms with Crippen LogP contribution in [0.1, 0.15) is 43.2 Å². The highest BCUT2D eigenvalue weighted by atomic mass is 35.5. The fraction of sp³-hybridized carbons (Fsp3) is 0.412. The summed E-state index contributed by atoms with van der Waals surface area (Å²) in [6, 6.07) is 12.3. The zero-order valence-corrected chi connectivity index (χ0v) is 26.5. The van der Waals surface area contributed by atoms with Crippen molar-refractivity contribution in [3.63, 3.8) is 0 Å². The van der Waals surface area contributed by atoms with Crippen LogP contribution in [0.5, 0.6) is 0 Å². The number of Topliss-reactive ketones (excluding diaryl/α,β-unsaturated/α-hetero) is 2. The molecule has 1 aliphatic heterocycles. The summed E-state index contributed by atoms with van der Waals surface area (Å²) in [7, 11) is 1.60. The highest BCUT2D eigenvalue weighted by Gasteiger charge is 2.66. The van der Waals surface area contributed by atoms with E-state index in [0.29, 0.717) is 10.6 Å². The molecule has 1 saturated heterocycles. The van der Waals surface area contributed by atoms with Gasteiger partial charge in [-0.3, -0.25) is 28.8 Å². The minimum Gasteiger partial charge on any atom is -0.480 e.